The molecule has 0 aliphatic carbocycles. The van der Waals surface area contributed by atoms with Gasteiger partial charge in [-0.2, -0.15) is 0 Å². The van der Waals surface area contributed by atoms with Crippen molar-refractivity contribution in [3.63, 3.8) is 0 Å². The second-order valence-corrected chi connectivity index (χ2v) is 5.49. The van der Waals surface area contributed by atoms with Crippen molar-refractivity contribution in [1.29, 1.82) is 0 Å². The number of aryl methyl sites for hydroxylation is 1. The van der Waals surface area contributed by atoms with E-state index in [2.05, 4.69) is 20.4 Å². The molecule has 2 N–H and O–H groups in total. The van der Waals surface area contributed by atoms with Crippen molar-refractivity contribution in [1.82, 2.24) is 19.7 Å². The smallest absolute Gasteiger partial charge is 0.186 e. The van der Waals surface area contributed by atoms with Crippen LogP contribution < -0.4 is 5.32 Å². The Labute approximate surface area is 138 Å². The molecule has 2 aromatic heterocycles. The molecular weight excluding hydrogens is 302 g/mol. The number of phenolic OH excluding ortho intramolecular Hbond substituents is 1. The lowest BCUT2D eigenvalue weighted by atomic mass is 10.2. The van der Waals surface area contributed by atoms with Crippen molar-refractivity contribution in [2.75, 3.05) is 5.32 Å². The van der Waals surface area contributed by atoms with Crippen LogP contribution in [0.4, 0.5) is 11.5 Å². The van der Waals surface area contributed by atoms with Gasteiger partial charge < -0.3 is 10.4 Å². The lowest BCUT2D eigenvalue weighted by Crippen LogP contribution is -1.96. The summed E-state index contributed by atoms with van der Waals surface area (Å²) in [7, 11) is 0. The molecule has 0 amide bonds. The molecule has 118 valence electrons. The van der Waals surface area contributed by atoms with Gasteiger partial charge in [0, 0.05) is 11.9 Å². The molecule has 4 rings (SSSR count). The fourth-order valence-corrected chi connectivity index (χ4v) is 2.56. The van der Waals surface area contributed by atoms with Gasteiger partial charge in [-0.25, -0.2) is 14.6 Å². The van der Waals surface area contributed by atoms with Gasteiger partial charge in [-0.05, 0) is 42.8 Å². The average molecular weight is 317 g/mol. The van der Waals surface area contributed by atoms with Gasteiger partial charge in [-0.1, -0.05) is 18.2 Å². The summed E-state index contributed by atoms with van der Waals surface area (Å²) in [4.78, 5) is 8.57. The first kappa shape index (κ1) is 14.2. The third-order valence-corrected chi connectivity index (χ3v) is 3.81. The lowest BCUT2D eigenvalue weighted by Gasteiger charge is -2.05. The molecule has 0 radical (unpaired) electrons. The van der Waals surface area contributed by atoms with Crippen LogP contribution in [-0.4, -0.2) is 24.9 Å². The molecule has 2 aromatic carbocycles. The molecule has 0 aliphatic heterocycles. The fourth-order valence-electron chi connectivity index (χ4n) is 2.56. The predicted octanol–water partition coefficient (Wildman–Crippen LogP) is 3.57. The van der Waals surface area contributed by atoms with Gasteiger partial charge >= 0.3 is 0 Å². The molecule has 0 fully saturated rings. The average Bonchev–Trinajstić information content (AvgIpc) is 3.02. The van der Waals surface area contributed by atoms with Crippen molar-refractivity contribution in [2.45, 2.75) is 6.92 Å². The van der Waals surface area contributed by atoms with Crippen molar-refractivity contribution >= 4 is 22.5 Å². The van der Waals surface area contributed by atoms with Crippen molar-refractivity contribution in [2.24, 2.45) is 0 Å². The van der Waals surface area contributed by atoms with E-state index >= 15 is 0 Å². The van der Waals surface area contributed by atoms with E-state index < -0.39 is 0 Å². The van der Waals surface area contributed by atoms with Crippen LogP contribution in [0, 0.1) is 6.92 Å². The lowest BCUT2D eigenvalue weighted by molar-refractivity contribution is 0.475. The van der Waals surface area contributed by atoms with E-state index in [1.165, 1.54) is 6.33 Å². The maximum atomic E-state index is 9.38. The number of rotatable bonds is 3. The standard InChI is InChI=1S/C18H15N5O/c1-12-4-2-3-5-16(12)23-10-15-17(19-11-20-18(15)22-23)21-13-6-8-14(24)9-7-13/h2-11,24H,1H3,(H,19,20,21,22). The summed E-state index contributed by atoms with van der Waals surface area (Å²) < 4.78 is 1.82. The summed E-state index contributed by atoms with van der Waals surface area (Å²) in [6.07, 6.45) is 3.40. The van der Waals surface area contributed by atoms with E-state index in [1.54, 1.807) is 24.3 Å². The Morgan fingerprint density at radius 3 is 2.58 bits per heavy atom. The molecule has 0 aliphatic rings. The van der Waals surface area contributed by atoms with Crippen LogP contribution >= 0.6 is 0 Å². The van der Waals surface area contributed by atoms with Crippen LogP contribution in [-0.2, 0) is 0 Å². The Morgan fingerprint density at radius 2 is 1.79 bits per heavy atom. The Hall–Kier alpha value is -3.41. The summed E-state index contributed by atoms with van der Waals surface area (Å²) >= 11 is 0. The van der Waals surface area contributed by atoms with Gasteiger partial charge in [0.1, 0.15) is 17.9 Å². The SMILES string of the molecule is Cc1ccccc1-n1cc2c(Nc3ccc(O)cc3)ncnc2n1. The highest BCUT2D eigenvalue weighted by molar-refractivity contribution is 5.88. The minimum absolute atomic E-state index is 0.223. The van der Waals surface area contributed by atoms with Gasteiger partial charge in [-0.3, -0.25) is 0 Å². The Balaban J connectivity index is 1.77. The van der Waals surface area contributed by atoms with Crippen LogP contribution in [0.5, 0.6) is 5.75 Å². The molecule has 0 saturated carbocycles. The fraction of sp³-hybridized carbons (Fsp3) is 0.0556. The van der Waals surface area contributed by atoms with Crippen LogP contribution in [0.1, 0.15) is 5.56 Å². The van der Waals surface area contributed by atoms with E-state index in [0.29, 0.717) is 11.5 Å². The molecule has 0 atom stereocenters. The van der Waals surface area contributed by atoms with Crippen LogP contribution in [0.3, 0.4) is 0 Å². The summed E-state index contributed by atoms with van der Waals surface area (Å²) in [6.45, 7) is 2.04. The Kier molecular flexibility index (Phi) is 3.35. The largest absolute Gasteiger partial charge is 0.508 e. The number of aromatic hydroxyl groups is 1. The number of aromatic nitrogens is 4. The maximum Gasteiger partial charge on any atom is 0.186 e. The van der Waals surface area contributed by atoms with E-state index in [9.17, 15) is 5.11 Å². The molecule has 24 heavy (non-hydrogen) atoms. The Bertz CT molecular complexity index is 1010. The second kappa shape index (κ2) is 5.66. The van der Waals surface area contributed by atoms with Crippen molar-refractivity contribution in [3.05, 3.63) is 66.6 Å². The topological polar surface area (TPSA) is 75.9 Å². The molecule has 6 heteroatoms. The van der Waals surface area contributed by atoms with Crippen LogP contribution in [0.2, 0.25) is 0 Å². The molecule has 0 unspecified atom stereocenters. The minimum Gasteiger partial charge on any atom is -0.508 e. The van der Waals surface area contributed by atoms with Crippen LogP contribution in [0.25, 0.3) is 16.7 Å². The predicted molar refractivity (Wildman–Crippen MR) is 92.8 cm³/mol. The quantitative estimate of drug-likeness (QED) is 0.565. The number of nitrogens with one attached hydrogen (secondary N) is 1. The molecule has 2 heterocycles. The van der Waals surface area contributed by atoms with Gasteiger partial charge in [0.05, 0.1) is 11.1 Å². The number of hydrogen-bond donors (Lipinski definition) is 2. The van der Waals surface area contributed by atoms with E-state index in [1.807, 2.05) is 42.1 Å². The number of nitrogens with zero attached hydrogens (tertiary/aromatic N) is 4. The van der Waals surface area contributed by atoms with Gasteiger partial charge in [0.2, 0.25) is 0 Å². The van der Waals surface area contributed by atoms with Gasteiger partial charge in [0.15, 0.2) is 5.65 Å². The molecule has 0 spiro atoms. The Morgan fingerprint density at radius 1 is 1.00 bits per heavy atom. The number of para-hydroxylation sites is 1. The minimum atomic E-state index is 0.223. The first-order valence-corrected chi connectivity index (χ1v) is 7.53. The molecule has 0 saturated heterocycles. The summed E-state index contributed by atoms with van der Waals surface area (Å²) in [5, 5.41) is 18.0. The zero-order chi connectivity index (χ0) is 16.5. The highest BCUT2D eigenvalue weighted by atomic mass is 16.3. The van der Waals surface area contributed by atoms with E-state index in [4.69, 9.17) is 0 Å². The van der Waals surface area contributed by atoms with Crippen molar-refractivity contribution in [3.8, 4) is 11.4 Å². The number of anilines is 2. The summed E-state index contributed by atoms with van der Waals surface area (Å²) in [6, 6.07) is 14.9. The third-order valence-electron chi connectivity index (χ3n) is 3.81. The summed E-state index contributed by atoms with van der Waals surface area (Å²) in [5.74, 6) is 0.895. The van der Waals surface area contributed by atoms with E-state index in [0.717, 1.165) is 22.3 Å². The van der Waals surface area contributed by atoms with Crippen LogP contribution in [0.15, 0.2) is 61.1 Å². The summed E-state index contributed by atoms with van der Waals surface area (Å²) in [5.41, 5.74) is 3.59. The van der Waals surface area contributed by atoms with Gasteiger partial charge in [0.25, 0.3) is 0 Å². The number of fused-ring (bicyclic) bond motifs is 1. The normalized spacial score (nSPS) is 10.9. The monoisotopic (exact) mass is 317 g/mol. The second-order valence-electron chi connectivity index (χ2n) is 5.49. The number of phenols is 1. The first-order valence-electron chi connectivity index (χ1n) is 7.53. The zero-order valence-electron chi connectivity index (χ0n) is 13.0. The zero-order valence-corrected chi connectivity index (χ0v) is 13.0. The van der Waals surface area contributed by atoms with Crippen molar-refractivity contribution < 1.29 is 5.11 Å². The first-order chi connectivity index (χ1) is 11.7. The maximum absolute atomic E-state index is 9.38. The highest BCUT2D eigenvalue weighted by Gasteiger charge is 2.10. The molecule has 6 nitrogen and oxygen atoms in total. The number of hydrogen-bond acceptors (Lipinski definition) is 5. The highest BCUT2D eigenvalue weighted by Crippen LogP contribution is 2.25. The third kappa shape index (κ3) is 2.54. The molecule has 0 bridgehead atoms. The van der Waals surface area contributed by atoms with Gasteiger partial charge in [-0.15, -0.1) is 5.10 Å². The molecular formula is C18H15N5O. The molecule has 4 aromatic rings. The van der Waals surface area contributed by atoms with E-state index in [-0.39, 0.29) is 5.75 Å². The number of benzene rings is 2.